The number of hydrogen-bond donors (Lipinski definition) is 1. The van der Waals surface area contributed by atoms with Crippen molar-refractivity contribution in [2.24, 2.45) is 17.8 Å². The van der Waals surface area contributed by atoms with Gasteiger partial charge in [0.05, 0.1) is 26.7 Å². The van der Waals surface area contributed by atoms with Crippen LogP contribution in [0.15, 0.2) is 88.5 Å². The van der Waals surface area contributed by atoms with Crippen LogP contribution in [-0.2, 0) is 19.5 Å². The van der Waals surface area contributed by atoms with Crippen molar-refractivity contribution in [2.45, 2.75) is 38.8 Å². The van der Waals surface area contributed by atoms with E-state index in [-0.39, 0.29) is 0 Å². The monoisotopic (exact) mass is 707 g/mol. The third-order valence-corrected chi connectivity index (χ3v) is 10.5. The first-order chi connectivity index (χ1) is 20.9. The Morgan fingerprint density at radius 1 is 0.837 bits per heavy atom. The fraction of sp³-hybridized carbons (Fsp3) is 0.361. The molecular formula is C36H41Br2N2O3+. The van der Waals surface area contributed by atoms with Crippen LogP contribution in [0.25, 0.3) is 10.9 Å². The molecule has 1 saturated carbocycles. The molecule has 1 aromatic heterocycles. The summed E-state index contributed by atoms with van der Waals surface area (Å²) in [6.45, 7) is 6.72. The molecule has 7 heteroatoms. The number of hydrogen-bond acceptors (Lipinski definition) is 4. The lowest BCUT2D eigenvalue weighted by molar-refractivity contribution is -0.662. The van der Waals surface area contributed by atoms with Gasteiger partial charge in [0.1, 0.15) is 17.2 Å². The van der Waals surface area contributed by atoms with Crippen LogP contribution >= 0.6 is 31.9 Å². The summed E-state index contributed by atoms with van der Waals surface area (Å²) in [4.78, 5) is 0. The van der Waals surface area contributed by atoms with Crippen LogP contribution in [0.1, 0.15) is 36.0 Å². The molecule has 0 spiro atoms. The number of pyridine rings is 1. The summed E-state index contributed by atoms with van der Waals surface area (Å²) in [5, 5.41) is 4.94. The van der Waals surface area contributed by atoms with Crippen LogP contribution in [0, 0.1) is 17.8 Å². The fourth-order valence-electron chi connectivity index (χ4n) is 6.57. The van der Waals surface area contributed by atoms with Crippen molar-refractivity contribution in [3.8, 4) is 17.2 Å². The molecular weight excluding hydrogens is 668 g/mol. The zero-order chi connectivity index (χ0) is 30.3. The lowest BCUT2D eigenvalue weighted by Crippen LogP contribution is -2.35. The Morgan fingerprint density at radius 3 is 2.19 bits per heavy atom. The number of nitrogens with one attached hydrogen (secondary N) is 1. The Bertz CT molecular complexity index is 1570. The van der Waals surface area contributed by atoms with E-state index in [1.807, 2.05) is 12.1 Å². The predicted octanol–water partition coefficient (Wildman–Crippen LogP) is 8.28. The van der Waals surface area contributed by atoms with E-state index in [0.29, 0.717) is 17.8 Å². The highest BCUT2D eigenvalue weighted by Crippen LogP contribution is 2.42. The van der Waals surface area contributed by atoms with E-state index in [0.717, 1.165) is 58.7 Å². The van der Waals surface area contributed by atoms with E-state index in [9.17, 15) is 0 Å². The molecule has 0 aliphatic heterocycles. The second kappa shape index (κ2) is 14.7. The molecule has 43 heavy (non-hydrogen) atoms. The normalized spacial score (nSPS) is 18.1. The van der Waals surface area contributed by atoms with Crippen molar-refractivity contribution in [1.29, 1.82) is 0 Å². The molecule has 1 heterocycles. The molecule has 0 bridgehead atoms. The average molecular weight is 710 g/mol. The topological polar surface area (TPSA) is 43.6 Å². The third kappa shape index (κ3) is 7.44. The molecule has 3 atom stereocenters. The maximum Gasteiger partial charge on any atom is 0.213 e. The van der Waals surface area contributed by atoms with E-state index in [1.165, 1.54) is 40.4 Å². The maximum absolute atomic E-state index is 5.67. The summed E-state index contributed by atoms with van der Waals surface area (Å²) in [6, 6.07) is 21.0. The minimum atomic E-state index is 0.551. The van der Waals surface area contributed by atoms with E-state index in [2.05, 4.69) is 109 Å². The molecule has 226 valence electrons. The Hall–Kier alpha value is -2.87. The summed E-state index contributed by atoms with van der Waals surface area (Å²) >= 11 is 7.42. The fourth-order valence-corrected chi connectivity index (χ4v) is 7.33. The van der Waals surface area contributed by atoms with Crippen molar-refractivity contribution in [3.05, 3.63) is 105 Å². The Balaban J connectivity index is 1.34. The minimum absolute atomic E-state index is 0.551. The number of nitrogens with zero attached hydrogens (tertiary/aromatic N) is 1. The minimum Gasteiger partial charge on any atom is -0.497 e. The number of fused-ring (bicyclic) bond motifs is 1. The highest BCUT2D eigenvalue weighted by Gasteiger charge is 2.34. The van der Waals surface area contributed by atoms with Crippen LogP contribution in [0.2, 0.25) is 0 Å². The maximum atomic E-state index is 5.67. The summed E-state index contributed by atoms with van der Waals surface area (Å²) in [7, 11) is 5.16. The lowest BCUT2D eigenvalue weighted by atomic mass is 9.82. The van der Waals surface area contributed by atoms with E-state index in [1.54, 1.807) is 21.3 Å². The van der Waals surface area contributed by atoms with Crippen LogP contribution in [0.4, 0.5) is 0 Å². The number of aromatic nitrogens is 1. The van der Waals surface area contributed by atoms with Crippen LogP contribution in [-0.4, -0.2) is 27.9 Å². The van der Waals surface area contributed by atoms with E-state index < -0.39 is 0 Å². The molecule has 1 fully saturated rings. The standard InChI is InChI=1S/C36H41Br2N2O3/c1-5-24-6-7-25(32(24)14-16-39-22-27-19-29(41-2)8-11-34(27)37)18-26-15-17-40(36-13-10-31(43-4)21-33(26)36)23-28-20-30(42-3)9-12-35(28)38/h5,8-13,15,17,19-21,24-25,32,39H,1,6-7,14,16,18,22-23H2,2-4H3/q+1/t24-,25?,32?/m1/s1. The highest BCUT2D eigenvalue weighted by molar-refractivity contribution is 9.10. The first kappa shape index (κ1) is 31.6. The summed E-state index contributed by atoms with van der Waals surface area (Å²) in [5.41, 5.74) is 4.96. The summed E-state index contributed by atoms with van der Waals surface area (Å²) in [6.07, 6.45) is 9.02. The van der Waals surface area contributed by atoms with Crippen molar-refractivity contribution in [3.63, 3.8) is 0 Å². The van der Waals surface area contributed by atoms with Crippen LogP contribution in [0.3, 0.4) is 0 Å². The van der Waals surface area contributed by atoms with Crippen LogP contribution in [0.5, 0.6) is 17.2 Å². The van der Waals surface area contributed by atoms with Gasteiger partial charge in [0.15, 0.2) is 12.7 Å². The van der Waals surface area contributed by atoms with Gasteiger partial charge in [-0.05, 0) is 110 Å². The van der Waals surface area contributed by atoms with Gasteiger partial charge in [-0.2, -0.15) is 4.57 Å². The zero-order valence-corrected chi connectivity index (χ0v) is 28.4. The van der Waals surface area contributed by atoms with Gasteiger partial charge in [0, 0.05) is 33.2 Å². The van der Waals surface area contributed by atoms with Gasteiger partial charge >= 0.3 is 0 Å². The smallest absolute Gasteiger partial charge is 0.213 e. The largest absolute Gasteiger partial charge is 0.497 e. The molecule has 2 unspecified atom stereocenters. The number of allylic oxidation sites excluding steroid dienone is 1. The van der Waals surface area contributed by atoms with Gasteiger partial charge in [0.25, 0.3) is 0 Å². The lowest BCUT2D eigenvalue weighted by Gasteiger charge is -2.24. The van der Waals surface area contributed by atoms with Gasteiger partial charge in [-0.15, -0.1) is 6.58 Å². The Labute approximate surface area is 272 Å². The molecule has 0 amide bonds. The molecule has 3 aromatic carbocycles. The van der Waals surface area contributed by atoms with E-state index in [4.69, 9.17) is 14.2 Å². The number of rotatable bonds is 13. The highest BCUT2D eigenvalue weighted by atomic mass is 79.9. The molecule has 1 N–H and O–H groups in total. The van der Waals surface area contributed by atoms with Crippen molar-refractivity contribution < 1.29 is 18.8 Å². The van der Waals surface area contributed by atoms with Gasteiger partial charge in [-0.25, -0.2) is 0 Å². The Kier molecular flexibility index (Phi) is 10.8. The van der Waals surface area contributed by atoms with Crippen LogP contribution < -0.4 is 24.1 Å². The number of methoxy groups -OCH3 is 3. The SMILES string of the molecule is C=C[C@@H]1CCC(Cc2cc[n+](Cc3cc(OC)ccc3Br)c3ccc(OC)cc23)C1CCNCc1cc(OC)ccc1Br. The number of ether oxygens (including phenoxy) is 3. The van der Waals surface area contributed by atoms with Crippen molar-refractivity contribution in [2.75, 3.05) is 27.9 Å². The van der Waals surface area contributed by atoms with Gasteiger partial charge < -0.3 is 19.5 Å². The zero-order valence-electron chi connectivity index (χ0n) is 25.2. The van der Waals surface area contributed by atoms with Crippen molar-refractivity contribution in [1.82, 2.24) is 5.32 Å². The predicted molar refractivity (Wildman–Crippen MR) is 181 cm³/mol. The number of halogens is 2. The van der Waals surface area contributed by atoms with Gasteiger partial charge in [-0.1, -0.05) is 37.9 Å². The summed E-state index contributed by atoms with van der Waals surface area (Å²) < 4.78 is 21.1. The molecule has 1 aliphatic rings. The van der Waals surface area contributed by atoms with E-state index >= 15 is 0 Å². The molecule has 0 saturated heterocycles. The third-order valence-electron chi connectivity index (χ3n) is 8.94. The molecule has 0 radical (unpaired) electrons. The summed E-state index contributed by atoms with van der Waals surface area (Å²) in [5.74, 6) is 4.37. The molecule has 1 aliphatic carbocycles. The second-order valence-electron chi connectivity index (χ2n) is 11.3. The molecule has 5 rings (SSSR count). The molecule has 4 aromatic rings. The van der Waals surface area contributed by atoms with Gasteiger partial charge in [0.2, 0.25) is 5.52 Å². The second-order valence-corrected chi connectivity index (χ2v) is 13.0. The number of benzene rings is 3. The van der Waals surface area contributed by atoms with Crippen molar-refractivity contribution >= 4 is 42.8 Å². The Morgan fingerprint density at radius 2 is 1.49 bits per heavy atom. The first-order valence-electron chi connectivity index (χ1n) is 14.9. The first-order valence-corrected chi connectivity index (χ1v) is 16.5. The average Bonchev–Trinajstić information content (AvgIpc) is 3.42. The molecule has 5 nitrogen and oxygen atoms in total. The van der Waals surface area contributed by atoms with Gasteiger partial charge in [-0.3, -0.25) is 0 Å². The quantitative estimate of drug-likeness (QED) is 0.0863.